The maximum absolute atomic E-state index is 13.4. The molecule has 0 fully saturated rings. The van der Waals surface area contributed by atoms with Gasteiger partial charge in [-0.05, 0) is 18.2 Å². The van der Waals surface area contributed by atoms with Gasteiger partial charge < -0.3 is 20.5 Å². The normalized spacial score (nSPS) is 10.0. The number of hydrogen-bond donors (Lipinski definition) is 2. The summed E-state index contributed by atoms with van der Waals surface area (Å²) in [7, 11) is 3.02. The first-order chi connectivity index (χ1) is 10.0. The van der Waals surface area contributed by atoms with Gasteiger partial charge in [-0.3, -0.25) is 4.79 Å². The highest BCUT2D eigenvalue weighted by Gasteiger charge is 2.10. The van der Waals surface area contributed by atoms with E-state index < -0.39 is 11.7 Å². The minimum atomic E-state index is -0.633. The Kier molecular flexibility index (Phi) is 4.27. The summed E-state index contributed by atoms with van der Waals surface area (Å²) in [4.78, 5) is 12.1. The van der Waals surface area contributed by atoms with E-state index in [2.05, 4.69) is 5.32 Å². The zero-order valence-electron chi connectivity index (χ0n) is 11.6. The predicted octanol–water partition coefficient (Wildman–Crippen LogP) is 2.68. The molecule has 2 aromatic rings. The second-order valence-corrected chi connectivity index (χ2v) is 4.29. The molecule has 0 aromatic heterocycles. The fraction of sp³-hybridized carbons (Fsp3) is 0.133. The Hall–Kier alpha value is -2.76. The number of nitrogens with two attached hydrogens (primary N) is 1. The van der Waals surface area contributed by atoms with Crippen molar-refractivity contribution in [2.45, 2.75) is 0 Å². The van der Waals surface area contributed by atoms with Gasteiger partial charge in [0, 0.05) is 29.4 Å². The topological polar surface area (TPSA) is 73.6 Å². The summed E-state index contributed by atoms with van der Waals surface area (Å²) >= 11 is 0. The molecular formula is C15H15FN2O3. The molecule has 2 aromatic carbocycles. The van der Waals surface area contributed by atoms with Crippen molar-refractivity contribution >= 4 is 17.3 Å². The third-order valence-electron chi connectivity index (χ3n) is 2.87. The number of benzene rings is 2. The number of carbonyl (C=O) groups is 1. The summed E-state index contributed by atoms with van der Waals surface area (Å²) in [5.41, 5.74) is 6.02. The molecule has 21 heavy (non-hydrogen) atoms. The minimum Gasteiger partial charge on any atom is -0.497 e. The standard InChI is InChI=1S/C15H15FN2O3/c1-20-11-6-10(7-12(8-11)21-2)18-15(19)9-3-4-14(17)13(16)5-9/h3-8H,17H2,1-2H3,(H,18,19). The van der Waals surface area contributed by atoms with E-state index in [0.29, 0.717) is 17.2 Å². The Morgan fingerprint density at radius 3 is 2.24 bits per heavy atom. The summed E-state index contributed by atoms with van der Waals surface area (Å²) in [6.07, 6.45) is 0. The van der Waals surface area contributed by atoms with Crippen molar-refractivity contribution in [3.05, 3.63) is 47.8 Å². The largest absolute Gasteiger partial charge is 0.497 e. The van der Waals surface area contributed by atoms with Gasteiger partial charge in [-0.15, -0.1) is 0 Å². The van der Waals surface area contributed by atoms with Crippen LogP contribution in [0.5, 0.6) is 11.5 Å². The van der Waals surface area contributed by atoms with Crippen LogP contribution >= 0.6 is 0 Å². The fourth-order valence-corrected chi connectivity index (χ4v) is 1.75. The van der Waals surface area contributed by atoms with Gasteiger partial charge in [0.1, 0.15) is 17.3 Å². The Morgan fingerprint density at radius 2 is 1.71 bits per heavy atom. The number of amides is 1. The summed E-state index contributed by atoms with van der Waals surface area (Å²) in [6.45, 7) is 0. The van der Waals surface area contributed by atoms with E-state index in [1.165, 1.54) is 26.4 Å². The van der Waals surface area contributed by atoms with Crippen LogP contribution in [0.15, 0.2) is 36.4 Å². The smallest absolute Gasteiger partial charge is 0.255 e. The highest BCUT2D eigenvalue weighted by molar-refractivity contribution is 6.04. The molecule has 0 atom stereocenters. The SMILES string of the molecule is COc1cc(NC(=O)c2ccc(N)c(F)c2)cc(OC)c1. The molecule has 1 amide bonds. The van der Waals surface area contributed by atoms with Gasteiger partial charge in [0.05, 0.1) is 19.9 Å². The number of halogens is 1. The molecule has 6 heteroatoms. The molecule has 0 heterocycles. The van der Waals surface area contributed by atoms with Crippen LogP contribution in [0.2, 0.25) is 0 Å². The molecule has 2 rings (SSSR count). The zero-order chi connectivity index (χ0) is 15.4. The number of methoxy groups -OCH3 is 2. The third-order valence-corrected chi connectivity index (χ3v) is 2.87. The first-order valence-electron chi connectivity index (χ1n) is 6.13. The molecule has 0 unspecified atom stereocenters. The molecular weight excluding hydrogens is 275 g/mol. The molecule has 110 valence electrons. The monoisotopic (exact) mass is 290 g/mol. The fourth-order valence-electron chi connectivity index (χ4n) is 1.75. The van der Waals surface area contributed by atoms with Crippen LogP contribution < -0.4 is 20.5 Å². The van der Waals surface area contributed by atoms with Crippen molar-refractivity contribution in [2.24, 2.45) is 0 Å². The van der Waals surface area contributed by atoms with Crippen molar-refractivity contribution < 1.29 is 18.7 Å². The maximum Gasteiger partial charge on any atom is 0.255 e. The first kappa shape index (κ1) is 14.6. The Balaban J connectivity index is 2.24. The summed E-state index contributed by atoms with van der Waals surface area (Å²) < 4.78 is 23.6. The number of nitrogens with one attached hydrogen (secondary N) is 1. The highest BCUT2D eigenvalue weighted by Crippen LogP contribution is 2.26. The van der Waals surface area contributed by atoms with E-state index >= 15 is 0 Å². The van der Waals surface area contributed by atoms with E-state index in [0.717, 1.165) is 6.07 Å². The first-order valence-corrected chi connectivity index (χ1v) is 6.13. The van der Waals surface area contributed by atoms with Crippen molar-refractivity contribution in [1.82, 2.24) is 0 Å². The Bertz CT molecular complexity index is 652. The molecule has 5 nitrogen and oxygen atoms in total. The predicted molar refractivity (Wildman–Crippen MR) is 78.3 cm³/mol. The van der Waals surface area contributed by atoms with E-state index in [4.69, 9.17) is 15.2 Å². The lowest BCUT2D eigenvalue weighted by molar-refractivity contribution is 0.102. The second-order valence-electron chi connectivity index (χ2n) is 4.29. The lowest BCUT2D eigenvalue weighted by Crippen LogP contribution is -2.12. The molecule has 0 saturated carbocycles. The van der Waals surface area contributed by atoms with Crippen LogP contribution in [0.4, 0.5) is 15.8 Å². The van der Waals surface area contributed by atoms with Gasteiger partial charge in [-0.1, -0.05) is 0 Å². The Morgan fingerprint density at radius 1 is 1.10 bits per heavy atom. The Labute approximate surface area is 121 Å². The molecule has 0 bridgehead atoms. The van der Waals surface area contributed by atoms with Crippen molar-refractivity contribution in [3.8, 4) is 11.5 Å². The van der Waals surface area contributed by atoms with Crippen molar-refractivity contribution in [3.63, 3.8) is 0 Å². The van der Waals surface area contributed by atoms with Gasteiger partial charge in [0.15, 0.2) is 0 Å². The zero-order valence-corrected chi connectivity index (χ0v) is 11.6. The minimum absolute atomic E-state index is 0.00500. The molecule has 0 saturated heterocycles. The third kappa shape index (κ3) is 3.42. The highest BCUT2D eigenvalue weighted by atomic mass is 19.1. The van der Waals surface area contributed by atoms with Gasteiger partial charge in [-0.2, -0.15) is 0 Å². The second kappa shape index (κ2) is 6.13. The quantitative estimate of drug-likeness (QED) is 0.849. The van der Waals surface area contributed by atoms with Crippen LogP contribution in [-0.4, -0.2) is 20.1 Å². The van der Waals surface area contributed by atoms with Crippen LogP contribution in [0.3, 0.4) is 0 Å². The number of rotatable bonds is 4. The average molecular weight is 290 g/mol. The number of carbonyl (C=O) groups excluding carboxylic acids is 1. The molecule has 0 radical (unpaired) electrons. The van der Waals surface area contributed by atoms with Crippen molar-refractivity contribution in [2.75, 3.05) is 25.3 Å². The van der Waals surface area contributed by atoms with Gasteiger partial charge >= 0.3 is 0 Å². The molecule has 0 aliphatic heterocycles. The number of nitrogen functional groups attached to an aromatic ring is 1. The van der Waals surface area contributed by atoms with Crippen LogP contribution in [0, 0.1) is 5.82 Å². The number of hydrogen-bond acceptors (Lipinski definition) is 4. The lowest BCUT2D eigenvalue weighted by atomic mass is 10.1. The van der Waals surface area contributed by atoms with E-state index in [-0.39, 0.29) is 11.3 Å². The van der Waals surface area contributed by atoms with E-state index in [9.17, 15) is 9.18 Å². The summed E-state index contributed by atoms with van der Waals surface area (Å²) in [6, 6.07) is 8.82. The maximum atomic E-state index is 13.4. The average Bonchev–Trinajstić information content (AvgIpc) is 2.49. The molecule has 0 aliphatic rings. The lowest BCUT2D eigenvalue weighted by Gasteiger charge is -2.10. The molecule has 3 N–H and O–H groups in total. The van der Waals surface area contributed by atoms with Crippen LogP contribution in [0.25, 0.3) is 0 Å². The van der Waals surface area contributed by atoms with Crippen LogP contribution in [0.1, 0.15) is 10.4 Å². The van der Waals surface area contributed by atoms with Crippen molar-refractivity contribution in [1.29, 1.82) is 0 Å². The number of anilines is 2. The van der Waals surface area contributed by atoms with Gasteiger partial charge in [0.25, 0.3) is 5.91 Å². The van der Waals surface area contributed by atoms with Gasteiger partial charge in [-0.25, -0.2) is 4.39 Å². The summed E-state index contributed by atoms with van der Waals surface area (Å²) in [5, 5.41) is 2.65. The summed E-state index contributed by atoms with van der Waals surface area (Å²) in [5.74, 6) is -0.0173. The van der Waals surface area contributed by atoms with E-state index in [1.54, 1.807) is 18.2 Å². The molecule has 0 aliphatic carbocycles. The number of ether oxygens (including phenoxy) is 2. The van der Waals surface area contributed by atoms with Crippen LogP contribution in [-0.2, 0) is 0 Å². The van der Waals surface area contributed by atoms with E-state index in [1.807, 2.05) is 0 Å². The van der Waals surface area contributed by atoms with Gasteiger partial charge in [0.2, 0.25) is 0 Å². The molecule has 0 spiro atoms.